The molecule has 1 aliphatic rings. The zero-order valence-corrected chi connectivity index (χ0v) is 8.43. The van der Waals surface area contributed by atoms with Crippen LogP contribution in [-0.4, -0.2) is 28.9 Å². The first-order valence-corrected chi connectivity index (χ1v) is 4.66. The summed E-state index contributed by atoms with van der Waals surface area (Å²) in [6, 6.07) is 0.888. The van der Waals surface area contributed by atoms with Gasteiger partial charge in [-0.2, -0.15) is 13.2 Å². The molecule has 3 N–H and O–H groups in total. The lowest BCUT2D eigenvalue weighted by Gasteiger charge is -2.17. The van der Waals surface area contributed by atoms with Gasteiger partial charge in [-0.1, -0.05) is 0 Å². The number of anilines is 2. The average molecular weight is 247 g/mol. The molecule has 17 heavy (non-hydrogen) atoms. The molecular weight excluding hydrogens is 239 g/mol. The summed E-state index contributed by atoms with van der Waals surface area (Å²) < 4.78 is 35.9. The van der Waals surface area contributed by atoms with E-state index in [2.05, 4.69) is 26.1 Å². The molecule has 0 radical (unpaired) electrons. The summed E-state index contributed by atoms with van der Waals surface area (Å²) in [6.07, 6.45) is -4.33. The van der Waals surface area contributed by atoms with Crippen molar-refractivity contribution in [3.8, 4) is 0 Å². The standard InChI is InChI=1S/C8H8F3N5O/c9-8(10,11)3-13-6-1-4-5(15-16-6)2-12-7(17)14-4/h1H,2-3H2,(H,13,16)(H2,12,14,17). The van der Waals surface area contributed by atoms with Gasteiger partial charge in [0.1, 0.15) is 12.2 Å². The maximum absolute atomic E-state index is 12.0. The number of urea groups is 1. The lowest BCUT2D eigenvalue weighted by Crippen LogP contribution is -2.34. The van der Waals surface area contributed by atoms with Gasteiger partial charge in [0.05, 0.1) is 12.2 Å². The van der Waals surface area contributed by atoms with Gasteiger partial charge in [-0.15, -0.1) is 10.2 Å². The number of alkyl halides is 3. The van der Waals surface area contributed by atoms with Gasteiger partial charge in [-0.3, -0.25) is 0 Å². The fourth-order valence-corrected chi connectivity index (χ4v) is 1.26. The number of carbonyl (C=O) groups excluding carboxylic acids is 1. The van der Waals surface area contributed by atoms with Crippen LogP contribution in [0.2, 0.25) is 0 Å². The van der Waals surface area contributed by atoms with Crippen molar-refractivity contribution in [3.63, 3.8) is 0 Å². The van der Waals surface area contributed by atoms with Gasteiger partial charge < -0.3 is 16.0 Å². The van der Waals surface area contributed by atoms with Crippen molar-refractivity contribution in [2.75, 3.05) is 17.2 Å². The molecule has 0 bridgehead atoms. The number of hydrogen-bond acceptors (Lipinski definition) is 4. The van der Waals surface area contributed by atoms with Crippen molar-refractivity contribution in [3.05, 3.63) is 11.8 Å². The Balaban J connectivity index is 2.10. The Kier molecular flexibility index (Phi) is 2.74. The molecule has 0 unspecified atom stereocenters. The second kappa shape index (κ2) is 4.07. The van der Waals surface area contributed by atoms with Crippen molar-refractivity contribution >= 4 is 17.5 Å². The van der Waals surface area contributed by atoms with Crippen molar-refractivity contribution in [2.24, 2.45) is 0 Å². The van der Waals surface area contributed by atoms with Crippen molar-refractivity contribution in [1.29, 1.82) is 0 Å². The highest BCUT2D eigenvalue weighted by Crippen LogP contribution is 2.20. The normalized spacial score (nSPS) is 14.6. The molecule has 6 nitrogen and oxygen atoms in total. The number of fused-ring (bicyclic) bond motifs is 1. The highest BCUT2D eigenvalue weighted by atomic mass is 19.4. The molecule has 9 heteroatoms. The van der Waals surface area contributed by atoms with Crippen LogP contribution in [0.4, 0.5) is 29.5 Å². The first-order chi connectivity index (χ1) is 7.94. The molecule has 2 heterocycles. The Morgan fingerprint density at radius 2 is 2.18 bits per heavy atom. The molecular formula is C8H8F3N5O. The van der Waals surface area contributed by atoms with E-state index in [9.17, 15) is 18.0 Å². The number of nitrogens with one attached hydrogen (secondary N) is 3. The van der Waals surface area contributed by atoms with Gasteiger partial charge in [0, 0.05) is 6.07 Å². The van der Waals surface area contributed by atoms with Gasteiger partial charge in [0.25, 0.3) is 0 Å². The first-order valence-electron chi connectivity index (χ1n) is 4.66. The Morgan fingerprint density at radius 1 is 1.41 bits per heavy atom. The Bertz CT molecular complexity index is 447. The van der Waals surface area contributed by atoms with Crippen LogP contribution < -0.4 is 16.0 Å². The maximum atomic E-state index is 12.0. The molecule has 1 aromatic heterocycles. The van der Waals surface area contributed by atoms with Gasteiger partial charge in [-0.05, 0) is 0 Å². The smallest absolute Gasteiger partial charge is 0.360 e. The minimum absolute atomic E-state index is 0.0386. The summed E-state index contributed by atoms with van der Waals surface area (Å²) in [5.74, 6) is -0.0386. The number of aromatic nitrogens is 2. The molecule has 0 atom stereocenters. The van der Waals surface area contributed by atoms with Crippen LogP contribution in [0, 0.1) is 0 Å². The SMILES string of the molecule is O=C1NCc2nnc(NCC(F)(F)F)cc2N1. The third-order valence-corrected chi connectivity index (χ3v) is 2.00. The van der Waals surface area contributed by atoms with E-state index in [1.165, 1.54) is 6.07 Å². The largest absolute Gasteiger partial charge is 0.405 e. The van der Waals surface area contributed by atoms with Crippen LogP contribution in [0.3, 0.4) is 0 Å². The number of halogens is 3. The van der Waals surface area contributed by atoms with Crippen LogP contribution >= 0.6 is 0 Å². The van der Waals surface area contributed by atoms with E-state index in [-0.39, 0.29) is 12.4 Å². The van der Waals surface area contributed by atoms with Crippen LogP contribution in [0.15, 0.2) is 6.07 Å². The number of amides is 2. The number of carbonyl (C=O) groups is 1. The summed E-state index contributed by atoms with van der Waals surface area (Å²) in [5, 5.41) is 14.2. The molecule has 0 aliphatic carbocycles. The Morgan fingerprint density at radius 3 is 2.88 bits per heavy atom. The minimum Gasteiger partial charge on any atom is -0.360 e. The van der Waals surface area contributed by atoms with Gasteiger partial charge >= 0.3 is 12.2 Å². The predicted molar refractivity (Wildman–Crippen MR) is 52.4 cm³/mol. The molecule has 0 saturated carbocycles. The van der Waals surface area contributed by atoms with Gasteiger partial charge in [0.2, 0.25) is 0 Å². The molecule has 0 aromatic carbocycles. The molecule has 1 aromatic rings. The summed E-state index contributed by atoms with van der Waals surface area (Å²) in [5.41, 5.74) is 0.829. The van der Waals surface area contributed by atoms with Crippen molar-refractivity contribution in [1.82, 2.24) is 15.5 Å². The van der Waals surface area contributed by atoms with Crippen LogP contribution in [0.25, 0.3) is 0 Å². The molecule has 0 saturated heterocycles. The fourth-order valence-electron chi connectivity index (χ4n) is 1.26. The monoisotopic (exact) mass is 247 g/mol. The fraction of sp³-hybridized carbons (Fsp3) is 0.375. The topological polar surface area (TPSA) is 78.9 Å². The quantitative estimate of drug-likeness (QED) is 0.730. The van der Waals surface area contributed by atoms with E-state index < -0.39 is 18.8 Å². The maximum Gasteiger partial charge on any atom is 0.405 e. The Hall–Kier alpha value is -2.06. The number of rotatable bonds is 2. The summed E-state index contributed by atoms with van der Waals surface area (Å²) in [6.45, 7) is -1.000. The van der Waals surface area contributed by atoms with Gasteiger partial charge in [0.15, 0.2) is 5.82 Å². The van der Waals surface area contributed by atoms with E-state index in [0.29, 0.717) is 11.4 Å². The average Bonchev–Trinajstić information content (AvgIpc) is 2.24. The van der Waals surface area contributed by atoms with Crippen LogP contribution in [-0.2, 0) is 6.54 Å². The second-order valence-electron chi connectivity index (χ2n) is 3.37. The molecule has 2 rings (SSSR count). The molecule has 0 fully saturated rings. The van der Waals surface area contributed by atoms with E-state index in [1.807, 2.05) is 0 Å². The first kappa shape index (κ1) is 11.4. The van der Waals surface area contributed by atoms with E-state index in [0.717, 1.165) is 0 Å². The molecule has 0 spiro atoms. The van der Waals surface area contributed by atoms with E-state index in [4.69, 9.17) is 0 Å². The second-order valence-corrected chi connectivity index (χ2v) is 3.37. The predicted octanol–water partition coefficient (Wildman–Crippen LogP) is 1.09. The van der Waals surface area contributed by atoms with Crippen molar-refractivity contribution < 1.29 is 18.0 Å². The molecule has 1 aliphatic heterocycles. The number of nitrogens with zero attached hydrogens (tertiary/aromatic N) is 2. The highest BCUT2D eigenvalue weighted by Gasteiger charge is 2.27. The highest BCUT2D eigenvalue weighted by molar-refractivity contribution is 5.92. The summed E-state index contributed by atoms with van der Waals surface area (Å²) in [4.78, 5) is 11.0. The third-order valence-electron chi connectivity index (χ3n) is 2.00. The van der Waals surface area contributed by atoms with E-state index in [1.54, 1.807) is 0 Å². The third kappa shape index (κ3) is 2.95. The van der Waals surface area contributed by atoms with E-state index >= 15 is 0 Å². The van der Waals surface area contributed by atoms with Crippen molar-refractivity contribution in [2.45, 2.75) is 12.7 Å². The van der Waals surface area contributed by atoms with Crippen LogP contribution in [0.1, 0.15) is 5.69 Å². The number of hydrogen-bond donors (Lipinski definition) is 3. The van der Waals surface area contributed by atoms with Gasteiger partial charge in [-0.25, -0.2) is 4.79 Å². The lowest BCUT2D eigenvalue weighted by atomic mass is 10.3. The minimum atomic E-state index is -4.33. The summed E-state index contributed by atoms with van der Waals surface area (Å²) >= 11 is 0. The molecule has 2 amide bonds. The summed E-state index contributed by atoms with van der Waals surface area (Å²) in [7, 11) is 0. The lowest BCUT2D eigenvalue weighted by molar-refractivity contribution is -0.115. The Labute approximate surface area is 93.6 Å². The van der Waals surface area contributed by atoms with Crippen LogP contribution in [0.5, 0.6) is 0 Å². The molecule has 92 valence electrons. The zero-order valence-electron chi connectivity index (χ0n) is 8.43. The zero-order chi connectivity index (χ0) is 12.5.